The van der Waals surface area contributed by atoms with Crippen molar-refractivity contribution in [2.75, 3.05) is 0 Å². The van der Waals surface area contributed by atoms with Crippen molar-refractivity contribution in [1.82, 2.24) is 25.0 Å². The van der Waals surface area contributed by atoms with E-state index in [-0.39, 0.29) is 18.2 Å². The normalized spacial score (nSPS) is 11.4. The second-order valence-corrected chi connectivity index (χ2v) is 4.91. The van der Waals surface area contributed by atoms with Gasteiger partial charge in [0.15, 0.2) is 0 Å². The van der Waals surface area contributed by atoms with Gasteiger partial charge in [0.25, 0.3) is 5.92 Å². The average molecular weight is 317 g/mol. The Labute approximate surface area is 130 Å². The molecule has 0 aliphatic rings. The molecule has 2 heterocycles. The highest BCUT2D eigenvalue weighted by molar-refractivity contribution is 5.36. The molecule has 0 fully saturated rings. The van der Waals surface area contributed by atoms with E-state index in [4.69, 9.17) is 4.74 Å². The van der Waals surface area contributed by atoms with Crippen LogP contribution in [0.15, 0.2) is 48.9 Å². The SMILES string of the molecule is CC(F)(F)c1cccc(-n2cc(COc3ncccn3)nn2)c1. The maximum atomic E-state index is 13.4. The number of rotatable bonds is 5. The zero-order chi connectivity index (χ0) is 16.3. The van der Waals surface area contributed by atoms with Crippen molar-refractivity contribution in [1.29, 1.82) is 0 Å². The van der Waals surface area contributed by atoms with E-state index >= 15 is 0 Å². The summed E-state index contributed by atoms with van der Waals surface area (Å²) in [7, 11) is 0. The Kier molecular flexibility index (Phi) is 3.96. The lowest BCUT2D eigenvalue weighted by molar-refractivity contribution is 0.0174. The van der Waals surface area contributed by atoms with Crippen molar-refractivity contribution >= 4 is 0 Å². The Hall–Kier alpha value is -2.90. The lowest BCUT2D eigenvalue weighted by atomic mass is 10.1. The van der Waals surface area contributed by atoms with Crippen LogP contribution in [-0.4, -0.2) is 25.0 Å². The van der Waals surface area contributed by atoms with Crippen molar-refractivity contribution in [3.8, 4) is 11.7 Å². The van der Waals surface area contributed by atoms with Gasteiger partial charge >= 0.3 is 6.01 Å². The molecule has 0 amide bonds. The van der Waals surface area contributed by atoms with Crippen molar-refractivity contribution < 1.29 is 13.5 Å². The van der Waals surface area contributed by atoms with Crippen LogP contribution in [0.2, 0.25) is 0 Å². The Morgan fingerprint density at radius 3 is 2.70 bits per heavy atom. The van der Waals surface area contributed by atoms with Gasteiger partial charge in [-0.25, -0.2) is 23.4 Å². The second-order valence-electron chi connectivity index (χ2n) is 4.91. The molecule has 3 rings (SSSR count). The highest BCUT2D eigenvalue weighted by Gasteiger charge is 2.24. The van der Waals surface area contributed by atoms with Crippen molar-refractivity contribution in [2.24, 2.45) is 0 Å². The summed E-state index contributed by atoms with van der Waals surface area (Å²) in [6, 6.07) is 7.89. The zero-order valence-electron chi connectivity index (χ0n) is 12.2. The zero-order valence-corrected chi connectivity index (χ0v) is 12.2. The van der Waals surface area contributed by atoms with Crippen LogP contribution >= 0.6 is 0 Å². The molecule has 0 saturated carbocycles. The molecule has 118 valence electrons. The Bertz CT molecular complexity index is 786. The first kappa shape index (κ1) is 15.0. The fourth-order valence-electron chi connectivity index (χ4n) is 1.91. The van der Waals surface area contributed by atoms with Gasteiger partial charge in [0, 0.05) is 24.9 Å². The van der Waals surface area contributed by atoms with Crippen LogP contribution < -0.4 is 4.74 Å². The molecule has 0 unspecified atom stereocenters. The van der Waals surface area contributed by atoms with E-state index in [1.165, 1.54) is 16.8 Å². The van der Waals surface area contributed by atoms with E-state index in [9.17, 15) is 8.78 Å². The van der Waals surface area contributed by atoms with Gasteiger partial charge in [0.2, 0.25) is 0 Å². The number of alkyl halides is 2. The molecule has 0 spiro atoms. The largest absolute Gasteiger partial charge is 0.457 e. The number of aromatic nitrogens is 5. The summed E-state index contributed by atoms with van der Waals surface area (Å²) < 4.78 is 33.5. The quantitative estimate of drug-likeness (QED) is 0.724. The third kappa shape index (κ3) is 3.65. The number of halogens is 2. The molecule has 3 aromatic rings. The summed E-state index contributed by atoms with van der Waals surface area (Å²) in [5.41, 5.74) is 0.950. The summed E-state index contributed by atoms with van der Waals surface area (Å²) in [5.74, 6) is -2.91. The molecule has 0 aliphatic carbocycles. The number of hydrogen-bond donors (Lipinski definition) is 0. The van der Waals surface area contributed by atoms with Crippen LogP contribution in [0.4, 0.5) is 8.78 Å². The molecule has 0 N–H and O–H groups in total. The molecule has 0 aliphatic heterocycles. The molecular weight excluding hydrogens is 304 g/mol. The van der Waals surface area contributed by atoms with Gasteiger partial charge in [-0.3, -0.25) is 0 Å². The lowest BCUT2D eigenvalue weighted by Gasteiger charge is -2.11. The van der Waals surface area contributed by atoms with Crippen LogP contribution in [-0.2, 0) is 12.5 Å². The predicted octanol–water partition coefficient (Wildman–Crippen LogP) is 2.75. The van der Waals surface area contributed by atoms with Crippen LogP contribution in [0.5, 0.6) is 6.01 Å². The topological polar surface area (TPSA) is 65.7 Å². The summed E-state index contributed by atoms with van der Waals surface area (Å²) >= 11 is 0. The second kappa shape index (κ2) is 6.07. The first-order valence-corrected chi connectivity index (χ1v) is 6.82. The van der Waals surface area contributed by atoms with E-state index in [0.29, 0.717) is 11.4 Å². The minimum absolute atomic E-state index is 0.0824. The van der Waals surface area contributed by atoms with Crippen molar-refractivity contribution in [3.63, 3.8) is 0 Å². The summed E-state index contributed by atoms with van der Waals surface area (Å²) in [4.78, 5) is 7.85. The number of benzene rings is 1. The van der Waals surface area contributed by atoms with Crippen LogP contribution in [0.25, 0.3) is 5.69 Å². The summed E-state index contributed by atoms with van der Waals surface area (Å²) in [6.45, 7) is 0.986. The van der Waals surface area contributed by atoms with Gasteiger partial charge in [-0.2, -0.15) is 0 Å². The summed E-state index contributed by atoms with van der Waals surface area (Å²) in [5, 5.41) is 7.87. The molecule has 23 heavy (non-hydrogen) atoms. The van der Waals surface area contributed by atoms with Crippen molar-refractivity contribution in [2.45, 2.75) is 19.5 Å². The Balaban J connectivity index is 1.74. The predicted molar refractivity (Wildman–Crippen MR) is 77.3 cm³/mol. The number of hydrogen-bond acceptors (Lipinski definition) is 5. The van der Waals surface area contributed by atoms with Crippen LogP contribution in [0, 0.1) is 0 Å². The van der Waals surface area contributed by atoms with Gasteiger partial charge in [0.05, 0.1) is 11.9 Å². The van der Waals surface area contributed by atoms with Gasteiger partial charge in [-0.1, -0.05) is 17.3 Å². The fraction of sp³-hybridized carbons (Fsp3) is 0.200. The minimum Gasteiger partial charge on any atom is -0.457 e. The van der Waals surface area contributed by atoms with Gasteiger partial charge < -0.3 is 4.74 Å². The van der Waals surface area contributed by atoms with Gasteiger partial charge in [0.1, 0.15) is 12.3 Å². The molecule has 0 saturated heterocycles. The maximum absolute atomic E-state index is 13.4. The highest BCUT2D eigenvalue weighted by atomic mass is 19.3. The van der Waals surface area contributed by atoms with Gasteiger partial charge in [-0.05, 0) is 18.2 Å². The first-order chi connectivity index (χ1) is 11.0. The third-order valence-corrected chi connectivity index (χ3v) is 3.05. The maximum Gasteiger partial charge on any atom is 0.316 e. The molecule has 0 atom stereocenters. The highest BCUT2D eigenvalue weighted by Crippen LogP contribution is 2.28. The molecular formula is C15H13F2N5O. The van der Waals surface area contributed by atoms with E-state index in [0.717, 1.165) is 6.92 Å². The van der Waals surface area contributed by atoms with E-state index in [2.05, 4.69) is 20.3 Å². The Morgan fingerprint density at radius 2 is 1.96 bits per heavy atom. The molecule has 1 aromatic carbocycles. The Morgan fingerprint density at radius 1 is 1.17 bits per heavy atom. The smallest absolute Gasteiger partial charge is 0.316 e. The third-order valence-electron chi connectivity index (χ3n) is 3.05. The minimum atomic E-state index is -2.91. The molecule has 0 bridgehead atoms. The van der Waals surface area contributed by atoms with E-state index in [1.54, 1.807) is 36.8 Å². The molecule has 8 heteroatoms. The molecule has 0 radical (unpaired) electrons. The van der Waals surface area contributed by atoms with Crippen LogP contribution in [0.3, 0.4) is 0 Å². The fourth-order valence-corrected chi connectivity index (χ4v) is 1.91. The van der Waals surface area contributed by atoms with Gasteiger partial charge in [-0.15, -0.1) is 5.10 Å². The standard InChI is InChI=1S/C15H13F2N5O/c1-15(16,17)11-4-2-5-13(8-11)22-9-12(20-21-22)10-23-14-18-6-3-7-19-14/h2-9H,10H2,1H3. The van der Waals surface area contributed by atoms with Crippen molar-refractivity contribution in [3.05, 3.63) is 60.2 Å². The lowest BCUT2D eigenvalue weighted by Crippen LogP contribution is -2.08. The van der Waals surface area contributed by atoms with E-state index < -0.39 is 5.92 Å². The molecule has 2 aromatic heterocycles. The summed E-state index contributed by atoms with van der Waals surface area (Å²) in [6.07, 6.45) is 4.74. The number of ether oxygens (including phenoxy) is 1. The monoisotopic (exact) mass is 317 g/mol. The van der Waals surface area contributed by atoms with Crippen LogP contribution in [0.1, 0.15) is 18.2 Å². The average Bonchev–Trinajstić information content (AvgIpc) is 3.02. The van der Waals surface area contributed by atoms with E-state index in [1.807, 2.05) is 0 Å². The number of nitrogens with zero attached hydrogens (tertiary/aromatic N) is 5. The molecule has 6 nitrogen and oxygen atoms in total. The first-order valence-electron chi connectivity index (χ1n) is 6.82.